The molecule has 0 radical (unpaired) electrons. The van der Waals surface area contributed by atoms with Gasteiger partial charge < -0.3 is 15.7 Å². The van der Waals surface area contributed by atoms with E-state index < -0.39 is 12.0 Å². The minimum Gasteiger partial charge on any atom is -0.480 e. The van der Waals surface area contributed by atoms with Crippen molar-refractivity contribution in [2.75, 3.05) is 6.54 Å². The van der Waals surface area contributed by atoms with Crippen LogP contribution in [0, 0.1) is 18.3 Å². The number of hydrogen-bond donors (Lipinski definition) is 3. The van der Waals surface area contributed by atoms with Crippen molar-refractivity contribution in [2.24, 2.45) is 5.92 Å². The zero-order valence-corrected chi connectivity index (χ0v) is 9.19. The first kappa shape index (κ1) is 12.5. The molecule has 0 spiro atoms. The first-order valence-corrected chi connectivity index (χ1v) is 5.26. The van der Waals surface area contributed by atoms with Crippen LogP contribution < -0.4 is 10.6 Å². The Balaban J connectivity index is 2.55. The summed E-state index contributed by atoms with van der Waals surface area (Å²) in [4.78, 5) is 22.6. The minimum atomic E-state index is -1.09. The molecule has 3 N–H and O–H groups in total. The molecule has 5 nitrogen and oxygen atoms in total. The van der Waals surface area contributed by atoms with Crippen LogP contribution in [0.2, 0.25) is 0 Å². The molecule has 0 aliphatic carbocycles. The Morgan fingerprint density at radius 2 is 2.38 bits per heavy atom. The van der Waals surface area contributed by atoms with Crippen LogP contribution in [0.5, 0.6) is 0 Å². The summed E-state index contributed by atoms with van der Waals surface area (Å²) in [5, 5.41) is 14.4. The number of terminal acetylenes is 1. The average Bonchev–Trinajstić information content (AvgIpc) is 2.63. The summed E-state index contributed by atoms with van der Waals surface area (Å²) in [6, 6.07) is -0.898. The van der Waals surface area contributed by atoms with Crippen molar-refractivity contribution in [1.82, 2.24) is 10.6 Å². The molecule has 1 amide bonds. The molecule has 5 heteroatoms. The molecule has 3 atom stereocenters. The van der Waals surface area contributed by atoms with Crippen LogP contribution in [0.1, 0.15) is 19.8 Å². The topological polar surface area (TPSA) is 78.4 Å². The lowest BCUT2D eigenvalue weighted by Crippen LogP contribution is -2.45. The fourth-order valence-electron chi connectivity index (χ4n) is 1.81. The molecule has 16 heavy (non-hydrogen) atoms. The highest BCUT2D eigenvalue weighted by Crippen LogP contribution is 2.15. The van der Waals surface area contributed by atoms with Crippen molar-refractivity contribution in [2.45, 2.75) is 31.8 Å². The predicted molar refractivity (Wildman–Crippen MR) is 58.6 cm³/mol. The van der Waals surface area contributed by atoms with E-state index in [0.717, 1.165) is 13.0 Å². The Labute approximate surface area is 94.6 Å². The van der Waals surface area contributed by atoms with Crippen molar-refractivity contribution in [3.63, 3.8) is 0 Å². The monoisotopic (exact) mass is 224 g/mol. The van der Waals surface area contributed by atoms with Gasteiger partial charge in [-0.2, -0.15) is 0 Å². The minimum absolute atomic E-state index is 0.00953. The van der Waals surface area contributed by atoms with E-state index in [0.29, 0.717) is 0 Å². The van der Waals surface area contributed by atoms with Gasteiger partial charge in [0.2, 0.25) is 5.91 Å². The molecule has 1 fully saturated rings. The summed E-state index contributed by atoms with van der Waals surface area (Å²) in [6.45, 7) is 2.69. The van der Waals surface area contributed by atoms with Crippen molar-refractivity contribution in [3.8, 4) is 12.3 Å². The Morgan fingerprint density at radius 1 is 1.69 bits per heavy atom. The number of carbonyl (C=O) groups excluding carboxylic acids is 1. The smallest absolute Gasteiger partial charge is 0.327 e. The van der Waals surface area contributed by atoms with E-state index in [1.54, 1.807) is 0 Å². The third kappa shape index (κ3) is 2.97. The molecule has 1 saturated heterocycles. The summed E-state index contributed by atoms with van der Waals surface area (Å²) in [6.07, 6.45) is 5.79. The molecule has 0 aromatic carbocycles. The highest BCUT2D eigenvalue weighted by atomic mass is 16.4. The van der Waals surface area contributed by atoms with E-state index in [1.165, 1.54) is 0 Å². The van der Waals surface area contributed by atoms with Crippen LogP contribution in [-0.2, 0) is 9.59 Å². The van der Waals surface area contributed by atoms with E-state index in [-0.39, 0.29) is 24.3 Å². The molecule has 0 aromatic heterocycles. The fourth-order valence-corrected chi connectivity index (χ4v) is 1.81. The molecular formula is C11H16N2O3. The van der Waals surface area contributed by atoms with Gasteiger partial charge in [0, 0.05) is 12.5 Å². The number of carboxylic acid groups (broad SMARTS) is 1. The number of amides is 1. The number of carboxylic acids is 1. The molecule has 0 aromatic rings. The lowest BCUT2D eigenvalue weighted by molar-refractivity contribution is -0.142. The van der Waals surface area contributed by atoms with Gasteiger partial charge in [-0.3, -0.25) is 4.79 Å². The van der Waals surface area contributed by atoms with Gasteiger partial charge in [0.1, 0.15) is 6.04 Å². The highest BCUT2D eigenvalue weighted by Gasteiger charge is 2.31. The molecule has 1 aliphatic rings. The Hall–Kier alpha value is -1.54. The predicted octanol–water partition coefficient (Wildman–Crippen LogP) is -0.423. The van der Waals surface area contributed by atoms with Crippen molar-refractivity contribution < 1.29 is 14.7 Å². The van der Waals surface area contributed by atoms with Gasteiger partial charge in [-0.1, -0.05) is 0 Å². The van der Waals surface area contributed by atoms with E-state index in [2.05, 4.69) is 16.6 Å². The van der Waals surface area contributed by atoms with Crippen LogP contribution in [0.25, 0.3) is 0 Å². The maximum absolute atomic E-state index is 11.8. The first-order chi connectivity index (χ1) is 7.56. The van der Waals surface area contributed by atoms with E-state index in [9.17, 15) is 9.59 Å². The lowest BCUT2D eigenvalue weighted by Gasteiger charge is -2.18. The van der Waals surface area contributed by atoms with E-state index in [4.69, 9.17) is 11.5 Å². The average molecular weight is 224 g/mol. The second-order valence-corrected chi connectivity index (χ2v) is 3.95. The standard InChI is InChI=1S/C11H16N2O3/c1-3-4-9(11(15)16)13-10(14)8-5-6-12-7(8)2/h1,7-9,12H,4-6H2,2H3,(H,13,14)(H,15,16). The zero-order chi connectivity index (χ0) is 12.1. The molecule has 0 bridgehead atoms. The molecule has 88 valence electrons. The lowest BCUT2D eigenvalue weighted by atomic mass is 10.0. The first-order valence-electron chi connectivity index (χ1n) is 5.26. The van der Waals surface area contributed by atoms with Gasteiger partial charge in [-0.15, -0.1) is 12.3 Å². The van der Waals surface area contributed by atoms with Crippen molar-refractivity contribution >= 4 is 11.9 Å². The van der Waals surface area contributed by atoms with Gasteiger partial charge in [-0.25, -0.2) is 4.79 Å². The largest absolute Gasteiger partial charge is 0.480 e. The number of aliphatic carboxylic acids is 1. The van der Waals surface area contributed by atoms with Gasteiger partial charge in [0.25, 0.3) is 0 Å². The third-order valence-electron chi connectivity index (χ3n) is 2.80. The Morgan fingerprint density at radius 3 is 2.81 bits per heavy atom. The molecular weight excluding hydrogens is 208 g/mol. The SMILES string of the molecule is C#CCC(NC(=O)C1CCNC1C)C(=O)O. The second kappa shape index (κ2) is 5.52. The van der Waals surface area contributed by atoms with Gasteiger partial charge in [0.05, 0.1) is 5.92 Å². The Kier molecular flexibility index (Phi) is 4.32. The number of rotatable bonds is 4. The normalized spacial score (nSPS) is 25.8. The molecule has 1 heterocycles. The van der Waals surface area contributed by atoms with E-state index in [1.807, 2.05) is 6.92 Å². The maximum Gasteiger partial charge on any atom is 0.327 e. The molecule has 1 aliphatic heterocycles. The second-order valence-electron chi connectivity index (χ2n) is 3.95. The van der Waals surface area contributed by atoms with Crippen LogP contribution in [0.3, 0.4) is 0 Å². The summed E-state index contributed by atoms with van der Waals surface area (Å²) in [5.41, 5.74) is 0. The molecule has 0 saturated carbocycles. The summed E-state index contributed by atoms with van der Waals surface area (Å²) < 4.78 is 0. The Bertz CT molecular complexity index is 322. The summed E-state index contributed by atoms with van der Waals surface area (Å²) in [5.74, 6) is 0.749. The van der Waals surface area contributed by atoms with Gasteiger partial charge >= 0.3 is 5.97 Å². The van der Waals surface area contributed by atoms with Gasteiger partial charge in [-0.05, 0) is 19.9 Å². The van der Waals surface area contributed by atoms with Crippen LogP contribution in [0.4, 0.5) is 0 Å². The quantitative estimate of drug-likeness (QED) is 0.567. The van der Waals surface area contributed by atoms with Crippen molar-refractivity contribution in [1.29, 1.82) is 0 Å². The summed E-state index contributed by atoms with van der Waals surface area (Å²) >= 11 is 0. The highest BCUT2D eigenvalue weighted by molar-refractivity contribution is 5.85. The number of nitrogens with one attached hydrogen (secondary N) is 2. The maximum atomic E-state index is 11.8. The molecule has 3 unspecified atom stereocenters. The zero-order valence-electron chi connectivity index (χ0n) is 9.19. The van der Waals surface area contributed by atoms with Crippen molar-refractivity contribution in [3.05, 3.63) is 0 Å². The van der Waals surface area contributed by atoms with Gasteiger partial charge in [0.15, 0.2) is 0 Å². The fraction of sp³-hybridized carbons (Fsp3) is 0.636. The summed E-state index contributed by atoms with van der Waals surface area (Å²) in [7, 11) is 0. The number of carbonyl (C=O) groups is 2. The molecule has 1 rings (SSSR count). The van der Waals surface area contributed by atoms with Crippen LogP contribution in [0.15, 0.2) is 0 Å². The number of hydrogen-bond acceptors (Lipinski definition) is 3. The van der Waals surface area contributed by atoms with Crippen LogP contribution >= 0.6 is 0 Å². The third-order valence-corrected chi connectivity index (χ3v) is 2.80. The van der Waals surface area contributed by atoms with E-state index >= 15 is 0 Å². The van der Waals surface area contributed by atoms with Crippen LogP contribution in [-0.4, -0.2) is 35.6 Å².